The van der Waals surface area contributed by atoms with Gasteiger partial charge in [0.05, 0.1) is 6.54 Å². The Morgan fingerprint density at radius 2 is 2.05 bits per heavy atom. The van der Waals surface area contributed by atoms with E-state index in [1.165, 1.54) is 0 Å². The number of carboxylic acids is 1. The lowest BCUT2D eigenvalue weighted by atomic mass is 10.0. The zero-order valence-corrected chi connectivity index (χ0v) is 12.3. The van der Waals surface area contributed by atoms with Gasteiger partial charge in [-0.15, -0.1) is 0 Å². The molecule has 0 aliphatic heterocycles. The number of aromatic amines is 1. The highest BCUT2D eigenvalue weighted by atomic mass is 16.4. The molecule has 0 aromatic carbocycles. The maximum Gasteiger partial charge on any atom is 0.326 e. The third kappa shape index (κ3) is 5.64. The predicted molar refractivity (Wildman–Crippen MR) is 74.7 cm³/mol. The van der Waals surface area contributed by atoms with Crippen LogP contribution in [0.15, 0.2) is 6.07 Å². The number of rotatable bonds is 7. The van der Waals surface area contributed by atoms with Gasteiger partial charge >= 0.3 is 5.97 Å². The van der Waals surface area contributed by atoms with E-state index in [0.29, 0.717) is 6.42 Å². The van der Waals surface area contributed by atoms with Crippen LogP contribution in [-0.2, 0) is 9.59 Å². The van der Waals surface area contributed by atoms with Crippen molar-refractivity contribution >= 4 is 17.8 Å². The minimum absolute atomic E-state index is 0.132. The van der Waals surface area contributed by atoms with Crippen molar-refractivity contribution in [3.8, 4) is 0 Å². The van der Waals surface area contributed by atoms with Crippen LogP contribution in [0.2, 0.25) is 0 Å². The Hall–Kier alpha value is -2.38. The molecule has 1 atom stereocenters. The van der Waals surface area contributed by atoms with Crippen molar-refractivity contribution in [2.45, 2.75) is 33.2 Å². The Labute approximate surface area is 122 Å². The fourth-order valence-corrected chi connectivity index (χ4v) is 1.72. The summed E-state index contributed by atoms with van der Waals surface area (Å²) in [5.74, 6) is -2.01. The van der Waals surface area contributed by atoms with Crippen LogP contribution >= 0.6 is 0 Å². The third-order valence-corrected chi connectivity index (χ3v) is 2.69. The second-order valence-corrected chi connectivity index (χ2v) is 5.21. The molecule has 1 rings (SSSR count). The second kappa shape index (κ2) is 7.41. The minimum Gasteiger partial charge on any atom is -0.480 e. The summed E-state index contributed by atoms with van der Waals surface area (Å²) >= 11 is 0. The summed E-state index contributed by atoms with van der Waals surface area (Å²) in [6, 6.07) is 0.591. The number of amides is 2. The highest BCUT2D eigenvalue weighted by molar-refractivity contribution is 5.95. The fourth-order valence-electron chi connectivity index (χ4n) is 1.72. The zero-order valence-electron chi connectivity index (χ0n) is 12.3. The van der Waals surface area contributed by atoms with Gasteiger partial charge in [-0.2, -0.15) is 5.10 Å². The van der Waals surface area contributed by atoms with Crippen molar-refractivity contribution < 1.29 is 19.5 Å². The van der Waals surface area contributed by atoms with Crippen molar-refractivity contribution in [3.63, 3.8) is 0 Å². The summed E-state index contributed by atoms with van der Waals surface area (Å²) in [5, 5.41) is 20.2. The number of H-pyrrole nitrogens is 1. The molecule has 2 amide bonds. The van der Waals surface area contributed by atoms with E-state index in [4.69, 9.17) is 5.11 Å². The maximum atomic E-state index is 11.7. The van der Waals surface area contributed by atoms with E-state index < -0.39 is 23.8 Å². The highest BCUT2D eigenvalue weighted by Gasteiger charge is 2.21. The van der Waals surface area contributed by atoms with Crippen LogP contribution in [0.4, 0.5) is 0 Å². The summed E-state index contributed by atoms with van der Waals surface area (Å²) in [4.78, 5) is 34.3. The number of carbonyl (C=O) groups is 3. The molecule has 21 heavy (non-hydrogen) atoms. The van der Waals surface area contributed by atoms with Gasteiger partial charge in [0.15, 0.2) is 0 Å². The Bertz CT molecular complexity index is 524. The molecule has 0 bridgehead atoms. The molecule has 0 fully saturated rings. The summed E-state index contributed by atoms with van der Waals surface area (Å²) < 4.78 is 0. The molecule has 0 aliphatic carbocycles. The minimum atomic E-state index is -1.09. The topological polar surface area (TPSA) is 124 Å². The van der Waals surface area contributed by atoms with E-state index in [1.54, 1.807) is 13.0 Å². The highest BCUT2D eigenvalue weighted by Crippen LogP contribution is 2.04. The number of hydrogen-bond acceptors (Lipinski definition) is 4. The standard InChI is InChI=1S/C13H20N4O4/c1-7(2)4-10(13(20)21)15-11(18)6-14-12(19)9-5-8(3)16-17-9/h5,7,10H,4,6H2,1-3H3,(H,14,19)(H,15,18)(H,16,17)(H,20,21)/t10-/m0/s1. The lowest BCUT2D eigenvalue weighted by molar-refractivity contribution is -0.142. The van der Waals surface area contributed by atoms with E-state index in [1.807, 2.05) is 13.8 Å². The van der Waals surface area contributed by atoms with Crippen LogP contribution < -0.4 is 10.6 Å². The van der Waals surface area contributed by atoms with Gasteiger partial charge in [-0.1, -0.05) is 13.8 Å². The van der Waals surface area contributed by atoms with Gasteiger partial charge in [-0.3, -0.25) is 14.7 Å². The van der Waals surface area contributed by atoms with Crippen molar-refractivity contribution in [3.05, 3.63) is 17.5 Å². The van der Waals surface area contributed by atoms with Crippen LogP contribution in [0.1, 0.15) is 36.5 Å². The van der Waals surface area contributed by atoms with E-state index >= 15 is 0 Å². The Balaban J connectivity index is 2.45. The van der Waals surface area contributed by atoms with Gasteiger partial charge in [0.1, 0.15) is 11.7 Å². The molecule has 0 radical (unpaired) electrons. The smallest absolute Gasteiger partial charge is 0.326 e. The van der Waals surface area contributed by atoms with Crippen LogP contribution in [0.25, 0.3) is 0 Å². The van der Waals surface area contributed by atoms with Gasteiger partial charge in [0.25, 0.3) is 5.91 Å². The number of hydrogen-bond donors (Lipinski definition) is 4. The molecule has 0 aliphatic rings. The Morgan fingerprint density at radius 1 is 1.38 bits per heavy atom. The molecule has 1 aromatic heterocycles. The molecule has 8 nitrogen and oxygen atoms in total. The summed E-state index contributed by atoms with van der Waals surface area (Å²) in [6.45, 7) is 5.18. The van der Waals surface area contributed by atoms with Gasteiger partial charge in [0.2, 0.25) is 5.91 Å². The average molecular weight is 296 g/mol. The molecule has 8 heteroatoms. The molecular formula is C13H20N4O4. The van der Waals surface area contributed by atoms with Gasteiger partial charge in [-0.05, 0) is 25.3 Å². The number of aliphatic carboxylic acids is 1. The molecule has 0 saturated carbocycles. The molecule has 1 aromatic rings. The number of nitrogens with one attached hydrogen (secondary N) is 3. The fraction of sp³-hybridized carbons (Fsp3) is 0.538. The van der Waals surface area contributed by atoms with Gasteiger partial charge in [-0.25, -0.2) is 4.79 Å². The van der Waals surface area contributed by atoms with Crippen molar-refractivity contribution in [1.29, 1.82) is 0 Å². The molecule has 4 N–H and O–H groups in total. The molecule has 116 valence electrons. The largest absolute Gasteiger partial charge is 0.480 e. The molecule has 0 spiro atoms. The molecule has 0 unspecified atom stereocenters. The van der Waals surface area contributed by atoms with Gasteiger partial charge in [0, 0.05) is 5.69 Å². The normalized spacial score (nSPS) is 12.0. The lowest BCUT2D eigenvalue weighted by Gasteiger charge is -2.16. The first-order chi connectivity index (χ1) is 9.79. The molecular weight excluding hydrogens is 276 g/mol. The molecule has 0 saturated heterocycles. The Kier molecular flexibility index (Phi) is 5.89. The van der Waals surface area contributed by atoms with Crippen molar-refractivity contribution in [2.75, 3.05) is 6.54 Å². The SMILES string of the molecule is Cc1cc(C(=O)NCC(=O)N[C@@H](CC(C)C)C(=O)O)n[nH]1. The first-order valence-corrected chi connectivity index (χ1v) is 6.62. The first kappa shape index (κ1) is 16.7. The van der Waals surface area contributed by atoms with E-state index in [-0.39, 0.29) is 18.2 Å². The number of carboxylic acid groups (broad SMARTS) is 1. The maximum absolute atomic E-state index is 11.7. The second-order valence-electron chi connectivity index (χ2n) is 5.21. The van der Waals surface area contributed by atoms with E-state index in [9.17, 15) is 14.4 Å². The number of carbonyl (C=O) groups excluding carboxylic acids is 2. The van der Waals surface area contributed by atoms with Gasteiger partial charge < -0.3 is 15.7 Å². The van der Waals surface area contributed by atoms with E-state index in [0.717, 1.165) is 5.69 Å². The number of aryl methyl sites for hydroxylation is 1. The Morgan fingerprint density at radius 3 is 2.52 bits per heavy atom. The van der Waals surface area contributed by atoms with Crippen LogP contribution in [-0.4, -0.2) is 45.7 Å². The van der Waals surface area contributed by atoms with Crippen LogP contribution in [0.3, 0.4) is 0 Å². The first-order valence-electron chi connectivity index (χ1n) is 6.62. The lowest BCUT2D eigenvalue weighted by Crippen LogP contribution is -2.46. The monoisotopic (exact) mass is 296 g/mol. The summed E-state index contributed by atoms with van der Waals surface area (Å²) in [7, 11) is 0. The molecule has 1 heterocycles. The average Bonchev–Trinajstić information content (AvgIpc) is 2.81. The van der Waals surface area contributed by atoms with Crippen molar-refractivity contribution in [2.24, 2.45) is 5.92 Å². The van der Waals surface area contributed by atoms with Crippen molar-refractivity contribution in [1.82, 2.24) is 20.8 Å². The zero-order chi connectivity index (χ0) is 16.0. The summed E-state index contributed by atoms with van der Waals surface area (Å²) in [5.41, 5.74) is 0.907. The van der Waals surface area contributed by atoms with E-state index in [2.05, 4.69) is 20.8 Å². The summed E-state index contributed by atoms with van der Waals surface area (Å²) in [6.07, 6.45) is 0.327. The quantitative estimate of drug-likeness (QED) is 0.566. The number of nitrogens with zero attached hydrogens (tertiary/aromatic N) is 1. The van der Waals surface area contributed by atoms with Crippen LogP contribution in [0.5, 0.6) is 0 Å². The number of aromatic nitrogens is 2. The predicted octanol–water partition coefficient (Wildman–Crippen LogP) is 0.0634. The third-order valence-electron chi connectivity index (χ3n) is 2.69. The van der Waals surface area contributed by atoms with Crippen LogP contribution in [0, 0.1) is 12.8 Å².